The van der Waals surface area contributed by atoms with Gasteiger partial charge in [-0.3, -0.25) is 18.9 Å². The Kier molecular flexibility index (Phi) is 5.44. The summed E-state index contributed by atoms with van der Waals surface area (Å²) in [6, 6.07) is 7.50. The molecule has 0 atom stereocenters. The first-order chi connectivity index (χ1) is 13.5. The summed E-state index contributed by atoms with van der Waals surface area (Å²) in [7, 11) is 3.17. The Morgan fingerprint density at radius 2 is 2.04 bits per heavy atom. The summed E-state index contributed by atoms with van der Waals surface area (Å²) < 4.78 is 8.14. The molecule has 3 aromatic rings. The largest absolute Gasteiger partial charge is 0.497 e. The molecule has 2 heterocycles. The van der Waals surface area contributed by atoms with Crippen LogP contribution in [0.4, 0.5) is 5.95 Å². The Hall–Kier alpha value is -3.62. The van der Waals surface area contributed by atoms with E-state index in [0.717, 1.165) is 17.0 Å². The predicted molar refractivity (Wildman–Crippen MR) is 109 cm³/mol. The SMILES string of the molecule is C/C=C/Cn1c(N/N=C(\C)c2ccc(OC)cc2)nc2c1c(=O)[nH]c(=O)n2C. The lowest BCUT2D eigenvalue weighted by molar-refractivity contribution is 0.415. The Morgan fingerprint density at radius 1 is 1.32 bits per heavy atom. The molecule has 0 aliphatic carbocycles. The van der Waals surface area contributed by atoms with Crippen molar-refractivity contribution >= 4 is 22.8 Å². The molecule has 0 spiro atoms. The minimum absolute atomic E-state index is 0.290. The maximum absolute atomic E-state index is 12.3. The number of rotatable bonds is 6. The van der Waals surface area contributed by atoms with Gasteiger partial charge in [0.1, 0.15) is 5.75 Å². The van der Waals surface area contributed by atoms with E-state index in [1.807, 2.05) is 50.3 Å². The van der Waals surface area contributed by atoms with E-state index in [2.05, 4.69) is 20.5 Å². The van der Waals surface area contributed by atoms with Crippen molar-refractivity contribution in [2.75, 3.05) is 12.5 Å². The van der Waals surface area contributed by atoms with Gasteiger partial charge in [0, 0.05) is 13.6 Å². The van der Waals surface area contributed by atoms with E-state index in [0.29, 0.717) is 18.0 Å². The van der Waals surface area contributed by atoms with Gasteiger partial charge in [-0.25, -0.2) is 10.2 Å². The number of aromatic amines is 1. The van der Waals surface area contributed by atoms with Crippen LogP contribution >= 0.6 is 0 Å². The van der Waals surface area contributed by atoms with Gasteiger partial charge in [-0.15, -0.1) is 0 Å². The van der Waals surface area contributed by atoms with Crippen molar-refractivity contribution in [1.29, 1.82) is 0 Å². The van der Waals surface area contributed by atoms with E-state index >= 15 is 0 Å². The number of aryl methyl sites for hydroxylation is 1. The van der Waals surface area contributed by atoms with Crippen LogP contribution in [0.2, 0.25) is 0 Å². The van der Waals surface area contributed by atoms with Crippen molar-refractivity contribution in [2.45, 2.75) is 20.4 Å². The topological polar surface area (TPSA) is 106 Å². The highest BCUT2D eigenvalue weighted by Gasteiger charge is 2.16. The van der Waals surface area contributed by atoms with Gasteiger partial charge in [0.25, 0.3) is 5.56 Å². The highest BCUT2D eigenvalue weighted by Crippen LogP contribution is 2.16. The minimum Gasteiger partial charge on any atom is -0.497 e. The fraction of sp³-hybridized carbons (Fsp3) is 0.263. The zero-order valence-corrected chi connectivity index (χ0v) is 16.2. The summed E-state index contributed by atoms with van der Waals surface area (Å²) in [6.45, 7) is 4.15. The molecule has 146 valence electrons. The molecule has 2 aromatic heterocycles. The molecule has 0 bridgehead atoms. The third kappa shape index (κ3) is 3.59. The lowest BCUT2D eigenvalue weighted by Gasteiger charge is -2.07. The third-order valence-corrected chi connectivity index (χ3v) is 4.36. The average Bonchev–Trinajstić information content (AvgIpc) is 3.07. The zero-order valence-electron chi connectivity index (χ0n) is 16.2. The number of nitrogens with zero attached hydrogens (tertiary/aromatic N) is 4. The molecule has 0 fully saturated rings. The van der Waals surface area contributed by atoms with E-state index in [-0.39, 0.29) is 5.65 Å². The first-order valence-electron chi connectivity index (χ1n) is 8.71. The van der Waals surface area contributed by atoms with Crippen LogP contribution in [0.15, 0.2) is 51.1 Å². The first-order valence-corrected chi connectivity index (χ1v) is 8.71. The van der Waals surface area contributed by atoms with Gasteiger partial charge < -0.3 is 4.74 Å². The quantitative estimate of drug-likeness (QED) is 0.384. The lowest BCUT2D eigenvalue weighted by atomic mass is 10.1. The number of hydrogen-bond donors (Lipinski definition) is 2. The highest BCUT2D eigenvalue weighted by molar-refractivity contribution is 5.99. The number of benzene rings is 1. The third-order valence-electron chi connectivity index (χ3n) is 4.36. The van der Waals surface area contributed by atoms with Gasteiger partial charge in [-0.05, 0) is 43.7 Å². The van der Waals surface area contributed by atoms with E-state index in [4.69, 9.17) is 4.74 Å². The van der Waals surface area contributed by atoms with Crippen LogP contribution < -0.4 is 21.4 Å². The molecular weight excluding hydrogens is 360 g/mol. The minimum atomic E-state index is -0.516. The summed E-state index contributed by atoms with van der Waals surface area (Å²) in [5, 5.41) is 4.38. The monoisotopic (exact) mass is 382 g/mol. The molecule has 2 N–H and O–H groups in total. The first kappa shape index (κ1) is 19.2. The maximum Gasteiger partial charge on any atom is 0.329 e. The van der Waals surface area contributed by atoms with Crippen LogP contribution in [0.25, 0.3) is 11.2 Å². The molecule has 0 unspecified atom stereocenters. The van der Waals surface area contributed by atoms with Gasteiger partial charge in [0.05, 0.1) is 12.8 Å². The molecule has 0 amide bonds. The smallest absolute Gasteiger partial charge is 0.329 e. The van der Waals surface area contributed by atoms with Crippen molar-refractivity contribution in [2.24, 2.45) is 12.1 Å². The summed E-state index contributed by atoms with van der Waals surface area (Å²) in [5.74, 6) is 1.13. The molecular formula is C19H22N6O3. The summed E-state index contributed by atoms with van der Waals surface area (Å²) in [6.07, 6.45) is 3.76. The van der Waals surface area contributed by atoms with Crippen molar-refractivity contribution in [3.63, 3.8) is 0 Å². The van der Waals surface area contributed by atoms with Crippen LogP contribution in [0.3, 0.4) is 0 Å². The molecule has 0 aliphatic rings. The van der Waals surface area contributed by atoms with Crippen molar-refractivity contribution < 1.29 is 4.74 Å². The summed E-state index contributed by atoms with van der Waals surface area (Å²) >= 11 is 0. The standard InChI is InChI=1S/C19H22N6O3/c1-5-6-11-25-15-16(24(3)19(27)21-17(15)26)20-18(25)23-22-12(2)13-7-9-14(28-4)10-8-13/h5-10H,11H2,1-4H3,(H,20,23)(H,21,26,27)/b6-5+,22-12+. The number of methoxy groups -OCH3 is 1. The highest BCUT2D eigenvalue weighted by atomic mass is 16.5. The van der Waals surface area contributed by atoms with E-state index < -0.39 is 11.2 Å². The molecule has 1 aromatic carbocycles. The molecule has 9 heteroatoms. The van der Waals surface area contributed by atoms with E-state index in [1.54, 1.807) is 18.7 Å². The average molecular weight is 382 g/mol. The Bertz CT molecular complexity index is 1170. The van der Waals surface area contributed by atoms with Crippen LogP contribution in [0, 0.1) is 0 Å². The van der Waals surface area contributed by atoms with Crippen molar-refractivity contribution in [3.05, 3.63) is 62.8 Å². The maximum atomic E-state index is 12.3. The number of anilines is 1. The Morgan fingerprint density at radius 3 is 2.68 bits per heavy atom. The van der Waals surface area contributed by atoms with Gasteiger partial charge in [0.2, 0.25) is 5.95 Å². The molecule has 9 nitrogen and oxygen atoms in total. The molecule has 28 heavy (non-hydrogen) atoms. The fourth-order valence-corrected chi connectivity index (χ4v) is 2.74. The van der Waals surface area contributed by atoms with Crippen LogP contribution in [0.1, 0.15) is 19.4 Å². The molecule has 0 saturated carbocycles. The Labute approximate surface area is 161 Å². The Balaban J connectivity index is 2.03. The summed E-state index contributed by atoms with van der Waals surface area (Å²) in [4.78, 5) is 30.9. The van der Waals surface area contributed by atoms with E-state index in [1.165, 1.54) is 4.57 Å². The predicted octanol–water partition coefficient (Wildman–Crippen LogP) is 1.84. The van der Waals surface area contributed by atoms with Gasteiger partial charge in [-0.1, -0.05) is 12.2 Å². The number of imidazole rings is 1. The van der Waals surface area contributed by atoms with E-state index in [9.17, 15) is 9.59 Å². The number of ether oxygens (including phenoxy) is 1. The number of hydrazone groups is 1. The number of fused-ring (bicyclic) bond motifs is 1. The van der Waals surface area contributed by atoms with Gasteiger partial charge >= 0.3 is 5.69 Å². The zero-order chi connectivity index (χ0) is 20.3. The van der Waals surface area contributed by atoms with Crippen LogP contribution in [-0.4, -0.2) is 31.9 Å². The normalized spacial score (nSPS) is 12.1. The number of H-pyrrole nitrogens is 1. The van der Waals surface area contributed by atoms with Crippen LogP contribution in [0.5, 0.6) is 5.75 Å². The molecule has 0 radical (unpaired) electrons. The van der Waals surface area contributed by atoms with Crippen LogP contribution in [-0.2, 0) is 13.6 Å². The molecule has 0 saturated heterocycles. The number of nitrogens with one attached hydrogen (secondary N) is 2. The summed E-state index contributed by atoms with van der Waals surface area (Å²) in [5.41, 5.74) is 4.15. The second-order valence-corrected chi connectivity index (χ2v) is 6.14. The molecule has 0 aliphatic heterocycles. The van der Waals surface area contributed by atoms with Gasteiger partial charge in [0.15, 0.2) is 11.2 Å². The number of hydrogen-bond acceptors (Lipinski definition) is 6. The molecule has 3 rings (SSSR count). The van der Waals surface area contributed by atoms with Crippen molar-refractivity contribution in [1.82, 2.24) is 19.1 Å². The fourth-order valence-electron chi connectivity index (χ4n) is 2.74. The second kappa shape index (κ2) is 7.95. The number of allylic oxidation sites excluding steroid dienone is 2. The second-order valence-electron chi connectivity index (χ2n) is 6.14. The number of aromatic nitrogens is 4. The van der Waals surface area contributed by atoms with Crippen molar-refractivity contribution in [3.8, 4) is 5.75 Å². The lowest BCUT2D eigenvalue weighted by Crippen LogP contribution is -2.29. The van der Waals surface area contributed by atoms with Gasteiger partial charge in [-0.2, -0.15) is 10.1 Å².